The van der Waals surface area contributed by atoms with Gasteiger partial charge >= 0.3 is 17.7 Å². The van der Waals surface area contributed by atoms with E-state index in [4.69, 9.17) is 4.74 Å². The van der Waals surface area contributed by atoms with Crippen LogP contribution < -0.4 is 0 Å². The fraction of sp³-hybridized carbons (Fsp3) is 0.700. The van der Waals surface area contributed by atoms with E-state index in [0.717, 1.165) is 0 Å². The van der Waals surface area contributed by atoms with Gasteiger partial charge in [-0.25, -0.2) is 9.59 Å². The zero-order valence-corrected chi connectivity index (χ0v) is 9.46. The first-order chi connectivity index (χ1) is 6.78. The summed E-state index contributed by atoms with van der Waals surface area (Å²) >= 11 is 0. The number of carbonyl (C=O) groups is 3. The maximum atomic E-state index is 11.1. The highest BCUT2D eigenvalue weighted by Crippen LogP contribution is 2.07. The SMILES string of the molecule is CCCOC(=O)C(=O)C(=O)OC(C)(C)C. The van der Waals surface area contributed by atoms with Crippen molar-refractivity contribution in [2.45, 2.75) is 39.7 Å². The smallest absolute Gasteiger partial charge is 0.387 e. The molecule has 0 saturated heterocycles. The molecule has 0 aromatic heterocycles. The molecule has 0 radical (unpaired) electrons. The first kappa shape index (κ1) is 13.6. The summed E-state index contributed by atoms with van der Waals surface area (Å²) < 4.78 is 9.21. The van der Waals surface area contributed by atoms with Crippen molar-refractivity contribution in [3.8, 4) is 0 Å². The molecule has 0 bridgehead atoms. The van der Waals surface area contributed by atoms with E-state index < -0.39 is 23.3 Å². The van der Waals surface area contributed by atoms with Crippen LogP contribution in [0.2, 0.25) is 0 Å². The van der Waals surface area contributed by atoms with Gasteiger partial charge in [0.25, 0.3) is 0 Å². The highest BCUT2D eigenvalue weighted by Gasteiger charge is 2.29. The van der Waals surface area contributed by atoms with Gasteiger partial charge in [0.05, 0.1) is 6.61 Å². The second-order valence-corrected chi connectivity index (χ2v) is 3.97. The van der Waals surface area contributed by atoms with E-state index in [1.807, 2.05) is 0 Å². The summed E-state index contributed by atoms with van der Waals surface area (Å²) in [6.45, 7) is 6.72. The van der Waals surface area contributed by atoms with Gasteiger partial charge in [-0.2, -0.15) is 0 Å². The minimum atomic E-state index is -1.27. The molecule has 5 heteroatoms. The third-order valence-corrected chi connectivity index (χ3v) is 1.21. The standard InChI is InChI=1S/C10H16O5/c1-5-6-14-8(12)7(11)9(13)15-10(2,3)4/h5-6H2,1-4H3. The Morgan fingerprint density at radius 1 is 1.07 bits per heavy atom. The number of rotatable bonds is 4. The average molecular weight is 216 g/mol. The average Bonchev–Trinajstić information content (AvgIpc) is 2.10. The van der Waals surface area contributed by atoms with Gasteiger partial charge in [-0.05, 0) is 27.2 Å². The number of ketones is 1. The van der Waals surface area contributed by atoms with Gasteiger partial charge < -0.3 is 9.47 Å². The van der Waals surface area contributed by atoms with Crippen LogP contribution in [-0.4, -0.2) is 29.9 Å². The van der Waals surface area contributed by atoms with E-state index in [1.165, 1.54) is 0 Å². The maximum absolute atomic E-state index is 11.1. The molecule has 15 heavy (non-hydrogen) atoms. The molecule has 0 saturated carbocycles. The minimum absolute atomic E-state index is 0.118. The van der Waals surface area contributed by atoms with E-state index in [-0.39, 0.29) is 6.61 Å². The van der Waals surface area contributed by atoms with Crippen LogP contribution in [0.5, 0.6) is 0 Å². The Morgan fingerprint density at radius 3 is 2.00 bits per heavy atom. The predicted octanol–water partition coefficient (Wildman–Crippen LogP) is 0.850. The molecule has 0 amide bonds. The largest absolute Gasteiger partial charge is 0.460 e. The molecule has 0 aliphatic carbocycles. The Kier molecular flexibility index (Phi) is 4.97. The summed E-state index contributed by atoms with van der Waals surface area (Å²) in [5, 5.41) is 0. The lowest BCUT2D eigenvalue weighted by Crippen LogP contribution is -2.34. The van der Waals surface area contributed by atoms with Crippen LogP contribution in [0.1, 0.15) is 34.1 Å². The summed E-state index contributed by atoms with van der Waals surface area (Å²) in [5.41, 5.74) is -0.794. The van der Waals surface area contributed by atoms with Gasteiger partial charge in [-0.15, -0.1) is 0 Å². The Balaban J connectivity index is 4.21. The molecule has 0 atom stereocenters. The molecule has 0 aromatic carbocycles. The normalized spacial score (nSPS) is 10.7. The van der Waals surface area contributed by atoms with Crippen molar-refractivity contribution in [3.05, 3.63) is 0 Å². The summed E-state index contributed by atoms with van der Waals surface area (Å²) in [7, 11) is 0. The fourth-order valence-corrected chi connectivity index (χ4v) is 0.668. The Morgan fingerprint density at radius 2 is 1.60 bits per heavy atom. The van der Waals surface area contributed by atoms with E-state index in [0.29, 0.717) is 6.42 Å². The Hall–Kier alpha value is -1.39. The maximum Gasteiger partial charge on any atom is 0.387 e. The first-order valence-electron chi connectivity index (χ1n) is 4.72. The van der Waals surface area contributed by atoms with Crippen LogP contribution in [0.25, 0.3) is 0 Å². The summed E-state index contributed by atoms with van der Waals surface area (Å²) in [6, 6.07) is 0. The molecule has 86 valence electrons. The van der Waals surface area contributed by atoms with Crippen molar-refractivity contribution < 1.29 is 23.9 Å². The lowest BCUT2D eigenvalue weighted by molar-refractivity contribution is -0.169. The number of hydrogen-bond acceptors (Lipinski definition) is 5. The van der Waals surface area contributed by atoms with Gasteiger partial charge in [0, 0.05) is 0 Å². The molecule has 0 spiro atoms. The van der Waals surface area contributed by atoms with Gasteiger partial charge in [-0.1, -0.05) is 6.92 Å². The molecule has 0 aromatic rings. The topological polar surface area (TPSA) is 69.7 Å². The van der Waals surface area contributed by atoms with Gasteiger partial charge in [0.15, 0.2) is 0 Å². The quantitative estimate of drug-likeness (QED) is 0.396. The van der Waals surface area contributed by atoms with Crippen molar-refractivity contribution in [2.75, 3.05) is 6.61 Å². The number of Topliss-reactive ketones (excluding diaryl/α,β-unsaturated/α-hetero) is 1. The van der Waals surface area contributed by atoms with Crippen LogP contribution in [-0.2, 0) is 23.9 Å². The Bertz CT molecular complexity index is 261. The minimum Gasteiger partial charge on any atom is -0.460 e. The van der Waals surface area contributed by atoms with Crippen LogP contribution in [0.3, 0.4) is 0 Å². The van der Waals surface area contributed by atoms with E-state index in [1.54, 1.807) is 27.7 Å². The van der Waals surface area contributed by atoms with Crippen LogP contribution in [0.4, 0.5) is 0 Å². The second-order valence-electron chi connectivity index (χ2n) is 3.97. The molecule has 0 unspecified atom stereocenters. The summed E-state index contributed by atoms with van der Waals surface area (Å²) in [6.07, 6.45) is 0.591. The van der Waals surface area contributed by atoms with Crippen molar-refractivity contribution in [3.63, 3.8) is 0 Å². The lowest BCUT2D eigenvalue weighted by Gasteiger charge is -2.18. The second kappa shape index (κ2) is 5.48. The van der Waals surface area contributed by atoms with Gasteiger partial charge in [0.1, 0.15) is 5.60 Å². The molecular formula is C10H16O5. The van der Waals surface area contributed by atoms with Crippen LogP contribution in [0.15, 0.2) is 0 Å². The number of carbonyl (C=O) groups excluding carboxylic acids is 3. The summed E-state index contributed by atoms with van der Waals surface area (Å²) in [4.78, 5) is 33.1. The lowest BCUT2D eigenvalue weighted by atomic mass is 10.2. The molecule has 5 nitrogen and oxygen atoms in total. The zero-order valence-electron chi connectivity index (χ0n) is 9.46. The first-order valence-corrected chi connectivity index (χ1v) is 4.72. The number of hydrogen-bond donors (Lipinski definition) is 0. The molecule has 0 heterocycles. The van der Waals surface area contributed by atoms with Crippen molar-refractivity contribution in [1.29, 1.82) is 0 Å². The highest BCUT2D eigenvalue weighted by atomic mass is 16.6. The third kappa shape index (κ3) is 5.83. The van der Waals surface area contributed by atoms with Crippen molar-refractivity contribution in [2.24, 2.45) is 0 Å². The summed E-state index contributed by atoms with van der Waals surface area (Å²) in [5.74, 6) is -3.60. The van der Waals surface area contributed by atoms with E-state index >= 15 is 0 Å². The molecule has 0 N–H and O–H groups in total. The monoisotopic (exact) mass is 216 g/mol. The van der Waals surface area contributed by atoms with Crippen LogP contribution in [0, 0.1) is 0 Å². The van der Waals surface area contributed by atoms with E-state index in [2.05, 4.69) is 4.74 Å². The molecule has 0 rings (SSSR count). The molecule has 0 aliphatic heterocycles. The van der Waals surface area contributed by atoms with Crippen molar-refractivity contribution in [1.82, 2.24) is 0 Å². The fourth-order valence-electron chi connectivity index (χ4n) is 0.668. The van der Waals surface area contributed by atoms with E-state index in [9.17, 15) is 14.4 Å². The third-order valence-electron chi connectivity index (χ3n) is 1.21. The van der Waals surface area contributed by atoms with Crippen molar-refractivity contribution >= 4 is 17.7 Å². The zero-order chi connectivity index (χ0) is 12.1. The molecular weight excluding hydrogens is 200 g/mol. The van der Waals surface area contributed by atoms with Gasteiger partial charge in [-0.3, -0.25) is 4.79 Å². The Labute approximate surface area is 88.7 Å². The predicted molar refractivity (Wildman–Crippen MR) is 52.1 cm³/mol. The van der Waals surface area contributed by atoms with Crippen LogP contribution >= 0.6 is 0 Å². The highest BCUT2D eigenvalue weighted by molar-refractivity contribution is 6.60. The molecule has 0 aliphatic rings. The van der Waals surface area contributed by atoms with Gasteiger partial charge in [0.2, 0.25) is 0 Å². The molecule has 0 fully saturated rings. The number of ether oxygens (including phenoxy) is 2. The number of esters is 2.